The Bertz CT molecular complexity index is 758. The summed E-state index contributed by atoms with van der Waals surface area (Å²) >= 11 is 15.3. The molecule has 0 saturated heterocycles. The molecular weight excluding hydrogens is 352 g/mol. The lowest BCUT2D eigenvalue weighted by Gasteiger charge is -2.09. The zero-order chi connectivity index (χ0) is 16.3. The fourth-order valence-corrected chi connectivity index (χ4v) is 2.13. The molecule has 0 saturated carbocycles. The fourth-order valence-electron chi connectivity index (χ4n) is 1.51. The largest absolute Gasteiger partial charge is 0.326 e. The van der Waals surface area contributed by atoms with Gasteiger partial charge in [-0.15, -0.1) is 12.6 Å². The number of anilines is 1. The average molecular weight is 360 g/mol. The minimum atomic E-state index is -0.919. The highest BCUT2D eigenvalue weighted by Gasteiger charge is 2.18. The SMILES string of the molecule is O=C(NC(=O)c1cc(F)c(Cl)nc1Cl)Nc1ccccc1S. The van der Waals surface area contributed by atoms with Gasteiger partial charge in [0.2, 0.25) is 0 Å². The van der Waals surface area contributed by atoms with Crippen molar-refractivity contribution in [2.24, 2.45) is 0 Å². The number of hydrogen-bond acceptors (Lipinski definition) is 4. The number of pyridine rings is 1. The van der Waals surface area contributed by atoms with Gasteiger partial charge in [-0.3, -0.25) is 10.1 Å². The van der Waals surface area contributed by atoms with E-state index in [4.69, 9.17) is 23.2 Å². The van der Waals surface area contributed by atoms with Gasteiger partial charge in [-0.2, -0.15) is 0 Å². The first-order valence-corrected chi connectivity index (χ1v) is 7.00. The molecule has 0 aliphatic carbocycles. The van der Waals surface area contributed by atoms with Crippen LogP contribution >= 0.6 is 35.8 Å². The van der Waals surface area contributed by atoms with Crippen molar-refractivity contribution in [3.05, 3.63) is 52.0 Å². The molecule has 1 aromatic carbocycles. The van der Waals surface area contributed by atoms with Crippen molar-refractivity contribution in [3.8, 4) is 0 Å². The van der Waals surface area contributed by atoms with E-state index in [9.17, 15) is 14.0 Å². The Morgan fingerprint density at radius 1 is 1.18 bits per heavy atom. The van der Waals surface area contributed by atoms with Crippen LogP contribution in [0.4, 0.5) is 14.9 Å². The van der Waals surface area contributed by atoms with Crippen molar-refractivity contribution in [2.75, 3.05) is 5.32 Å². The predicted molar refractivity (Wildman–Crippen MR) is 84.4 cm³/mol. The molecule has 0 unspecified atom stereocenters. The summed E-state index contributed by atoms with van der Waals surface area (Å²) in [5.41, 5.74) is 0.0977. The highest BCUT2D eigenvalue weighted by Crippen LogP contribution is 2.21. The standard InChI is InChI=1S/C13H8Cl2FN3O2S/c14-10-6(5-7(16)11(15)18-10)12(20)19-13(21)17-8-3-1-2-4-9(8)22/h1-5,22H,(H2,17,19,20,21). The van der Waals surface area contributed by atoms with Crippen LogP contribution in [0, 0.1) is 5.82 Å². The zero-order valence-electron chi connectivity index (χ0n) is 10.7. The van der Waals surface area contributed by atoms with Gasteiger partial charge in [0.1, 0.15) is 5.15 Å². The van der Waals surface area contributed by atoms with Crippen molar-refractivity contribution in [1.29, 1.82) is 0 Å². The Labute approximate surface area is 140 Å². The lowest BCUT2D eigenvalue weighted by Crippen LogP contribution is -2.34. The highest BCUT2D eigenvalue weighted by atomic mass is 35.5. The first-order valence-electron chi connectivity index (χ1n) is 5.80. The van der Waals surface area contributed by atoms with E-state index in [1.54, 1.807) is 24.3 Å². The molecule has 2 aromatic rings. The molecule has 0 spiro atoms. The number of nitrogens with one attached hydrogen (secondary N) is 2. The van der Waals surface area contributed by atoms with E-state index < -0.39 is 22.9 Å². The normalized spacial score (nSPS) is 10.2. The number of aromatic nitrogens is 1. The minimum absolute atomic E-state index is 0.308. The molecule has 1 heterocycles. The first kappa shape index (κ1) is 16.5. The number of amides is 3. The van der Waals surface area contributed by atoms with E-state index in [1.165, 1.54) is 0 Å². The highest BCUT2D eigenvalue weighted by molar-refractivity contribution is 7.80. The summed E-state index contributed by atoms with van der Waals surface area (Å²) < 4.78 is 13.3. The molecule has 1 aromatic heterocycles. The van der Waals surface area contributed by atoms with E-state index in [0.29, 0.717) is 10.6 Å². The molecule has 0 bridgehead atoms. The Balaban J connectivity index is 2.11. The van der Waals surface area contributed by atoms with Gasteiger partial charge in [0, 0.05) is 4.90 Å². The van der Waals surface area contributed by atoms with Gasteiger partial charge in [-0.25, -0.2) is 14.2 Å². The molecule has 0 atom stereocenters. The minimum Gasteiger partial charge on any atom is -0.307 e. The van der Waals surface area contributed by atoms with Crippen LogP contribution in [0.15, 0.2) is 35.2 Å². The second-order valence-electron chi connectivity index (χ2n) is 4.02. The summed E-state index contributed by atoms with van der Waals surface area (Å²) in [6.45, 7) is 0. The van der Waals surface area contributed by atoms with Crippen molar-refractivity contribution >= 4 is 53.5 Å². The summed E-state index contributed by atoms with van der Waals surface area (Å²) in [6.07, 6.45) is 0. The molecule has 0 radical (unpaired) electrons. The Morgan fingerprint density at radius 3 is 2.55 bits per heavy atom. The van der Waals surface area contributed by atoms with Crippen LogP contribution in [0.2, 0.25) is 10.3 Å². The van der Waals surface area contributed by atoms with Crippen LogP contribution in [0.5, 0.6) is 0 Å². The van der Waals surface area contributed by atoms with Gasteiger partial charge < -0.3 is 5.32 Å². The Kier molecular flexibility index (Phi) is 5.23. The molecule has 0 aliphatic rings. The van der Waals surface area contributed by atoms with E-state index in [0.717, 1.165) is 6.07 Å². The number of hydrogen-bond donors (Lipinski definition) is 3. The molecular formula is C13H8Cl2FN3O2S. The van der Waals surface area contributed by atoms with E-state index in [1.807, 2.05) is 5.32 Å². The second kappa shape index (κ2) is 6.95. The van der Waals surface area contributed by atoms with Gasteiger partial charge in [-0.1, -0.05) is 35.3 Å². The van der Waals surface area contributed by atoms with Crippen molar-refractivity contribution < 1.29 is 14.0 Å². The van der Waals surface area contributed by atoms with Gasteiger partial charge in [0.15, 0.2) is 11.0 Å². The van der Waals surface area contributed by atoms with Gasteiger partial charge in [0.05, 0.1) is 11.3 Å². The van der Waals surface area contributed by atoms with Crippen LogP contribution < -0.4 is 10.6 Å². The average Bonchev–Trinajstić information content (AvgIpc) is 2.45. The number of imide groups is 1. The quantitative estimate of drug-likeness (QED) is 0.564. The third-order valence-electron chi connectivity index (χ3n) is 2.51. The van der Waals surface area contributed by atoms with E-state index in [2.05, 4.69) is 22.9 Å². The maximum absolute atomic E-state index is 13.3. The fraction of sp³-hybridized carbons (Fsp3) is 0. The number of carbonyl (C=O) groups excluding carboxylic acids is 2. The van der Waals surface area contributed by atoms with Crippen LogP contribution in [0.25, 0.3) is 0 Å². The van der Waals surface area contributed by atoms with Crippen molar-refractivity contribution in [1.82, 2.24) is 10.3 Å². The Hall–Kier alpha value is -1.83. The summed E-state index contributed by atoms with van der Waals surface area (Å²) in [6, 6.07) is 6.66. The monoisotopic (exact) mass is 359 g/mol. The number of rotatable bonds is 2. The number of carbonyl (C=O) groups is 2. The molecule has 2 rings (SSSR count). The number of halogens is 3. The maximum Gasteiger partial charge on any atom is 0.326 e. The smallest absolute Gasteiger partial charge is 0.307 e. The summed E-state index contributed by atoms with van der Waals surface area (Å²) in [5.74, 6) is -1.83. The molecule has 3 amide bonds. The van der Waals surface area contributed by atoms with Crippen LogP contribution in [0.1, 0.15) is 10.4 Å². The molecule has 5 nitrogen and oxygen atoms in total. The first-order chi connectivity index (χ1) is 10.4. The van der Waals surface area contributed by atoms with Crippen molar-refractivity contribution in [2.45, 2.75) is 4.90 Å². The maximum atomic E-state index is 13.3. The van der Waals surface area contributed by atoms with Crippen LogP contribution in [-0.4, -0.2) is 16.9 Å². The van der Waals surface area contributed by atoms with E-state index >= 15 is 0 Å². The lowest BCUT2D eigenvalue weighted by atomic mass is 10.2. The third-order valence-corrected chi connectivity index (χ3v) is 3.45. The Morgan fingerprint density at radius 2 is 1.86 bits per heavy atom. The molecule has 114 valence electrons. The van der Waals surface area contributed by atoms with Gasteiger partial charge in [-0.05, 0) is 18.2 Å². The second-order valence-corrected chi connectivity index (χ2v) is 5.22. The number of benzene rings is 1. The zero-order valence-corrected chi connectivity index (χ0v) is 13.1. The van der Waals surface area contributed by atoms with Crippen LogP contribution in [-0.2, 0) is 0 Å². The topological polar surface area (TPSA) is 71.1 Å². The summed E-state index contributed by atoms with van der Waals surface area (Å²) in [7, 11) is 0. The van der Waals surface area contributed by atoms with Crippen LogP contribution in [0.3, 0.4) is 0 Å². The summed E-state index contributed by atoms with van der Waals surface area (Å²) in [5, 5.41) is 3.65. The molecule has 22 heavy (non-hydrogen) atoms. The lowest BCUT2D eigenvalue weighted by molar-refractivity contribution is 0.0966. The number of thiol groups is 1. The number of nitrogens with zero attached hydrogens (tertiary/aromatic N) is 1. The molecule has 0 aliphatic heterocycles. The molecule has 9 heteroatoms. The van der Waals surface area contributed by atoms with Gasteiger partial charge in [0.25, 0.3) is 5.91 Å². The number of urea groups is 1. The summed E-state index contributed by atoms with van der Waals surface area (Å²) in [4.78, 5) is 27.6. The number of para-hydroxylation sites is 1. The van der Waals surface area contributed by atoms with Gasteiger partial charge >= 0.3 is 6.03 Å². The third kappa shape index (κ3) is 3.88. The molecule has 0 fully saturated rings. The van der Waals surface area contributed by atoms with Crippen molar-refractivity contribution in [3.63, 3.8) is 0 Å². The predicted octanol–water partition coefficient (Wildman–Crippen LogP) is 3.78. The van der Waals surface area contributed by atoms with E-state index in [-0.39, 0.29) is 10.7 Å². The molecule has 2 N–H and O–H groups in total.